The highest BCUT2D eigenvalue weighted by Gasteiger charge is 2.31. The second-order valence-corrected chi connectivity index (χ2v) is 4.08. The van der Waals surface area contributed by atoms with Crippen molar-refractivity contribution >= 4 is 0 Å². The van der Waals surface area contributed by atoms with E-state index in [9.17, 15) is 0 Å². The highest BCUT2D eigenvalue weighted by molar-refractivity contribution is 5.40. The molecule has 0 aliphatic carbocycles. The molecule has 0 bridgehead atoms. The van der Waals surface area contributed by atoms with Crippen LogP contribution >= 0.6 is 0 Å². The zero-order chi connectivity index (χ0) is 10.8. The van der Waals surface area contributed by atoms with Gasteiger partial charge < -0.3 is 5.73 Å². The third kappa shape index (κ3) is 1.74. The predicted molar refractivity (Wildman–Crippen MR) is 59.1 cm³/mol. The van der Waals surface area contributed by atoms with Gasteiger partial charge in [0.15, 0.2) is 0 Å². The molecule has 1 aliphatic rings. The van der Waals surface area contributed by atoms with Gasteiger partial charge in [-0.1, -0.05) is 18.2 Å². The van der Waals surface area contributed by atoms with Crippen molar-refractivity contribution in [2.24, 2.45) is 5.73 Å². The van der Waals surface area contributed by atoms with Gasteiger partial charge >= 0.3 is 0 Å². The van der Waals surface area contributed by atoms with Gasteiger partial charge in [-0.15, -0.1) is 0 Å². The molecule has 3 nitrogen and oxygen atoms in total. The third-order valence-corrected chi connectivity index (χ3v) is 3.10. The van der Waals surface area contributed by atoms with Crippen LogP contribution in [0.5, 0.6) is 0 Å². The van der Waals surface area contributed by atoms with E-state index in [1.807, 2.05) is 24.3 Å². The largest absolute Gasteiger partial charge is 0.326 e. The van der Waals surface area contributed by atoms with E-state index >= 15 is 0 Å². The van der Waals surface area contributed by atoms with Crippen LogP contribution in [0.25, 0.3) is 0 Å². The molecule has 0 radical (unpaired) electrons. The Kier molecular flexibility index (Phi) is 2.72. The molecule has 1 heterocycles. The van der Waals surface area contributed by atoms with Gasteiger partial charge in [0.1, 0.15) is 0 Å². The van der Waals surface area contributed by atoms with Crippen LogP contribution in [-0.2, 0) is 0 Å². The summed E-state index contributed by atoms with van der Waals surface area (Å²) in [5.41, 5.74) is 7.88. The molecule has 15 heavy (non-hydrogen) atoms. The zero-order valence-corrected chi connectivity index (χ0v) is 8.85. The second-order valence-electron chi connectivity index (χ2n) is 4.08. The van der Waals surface area contributed by atoms with E-state index < -0.39 is 0 Å². The van der Waals surface area contributed by atoms with E-state index in [2.05, 4.69) is 18.0 Å². The van der Waals surface area contributed by atoms with Gasteiger partial charge in [-0.25, -0.2) is 0 Å². The van der Waals surface area contributed by atoms with Crippen LogP contribution in [0.15, 0.2) is 24.3 Å². The fourth-order valence-electron chi connectivity index (χ4n) is 2.30. The van der Waals surface area contributed by atoms with Gasteiger partial charge in [-0.3, -0.25) is 4.90 Å². The molecule has 1 aromatic carbocycles. The molecule has 1 aromatic rings. The van der Waals surface area contributed by atoms with Gasteiger partial charge in [0.2, 0.25) is 0 Å². The van der Waals surface area contributed by atoms with Crippen LogP contribution in [-0.4, -0.2) is 24.5 Å². The van der Waals surface area contributed by atoms with E-state index in [-0.39, 0.29) is 12.1 Å². The minimum atomic E-state index is 0.143. The SMILES string of the molecule is CN1CCC(N)C1c1ccccc1C#N. The summed E-state index contributed by atoms with van der Waals surface area (Å²) in [6.07, 6.45) is 1.00. The molecule has 1 saturated heterocycles. The summed E-state index contributed by atoms with van der Waals surface area (Å²) >= 11 is 0. The van der Waals surface area contributed by atoms with Crippen molar-refractivity contribution in [1.29, 1.82) is 5.26 Å². The Hall–Kier alpha value is -1.37. The Labute approximate surface area is 90.1 Å². The lowest BCUT2D eigenvalue weighted by molar-refractivity contribution is 0.303. The minimum Gasteiger partial charge on any atom is -0.326 e. The maximum absolute atomic E-state index is 9.04. The monoisotopic (exact) mass is 201 g/mol. The third-order valence-electron chi connectivity index (χ3n) is 3.10. The Balaban J connectivity index is 2.41. The van der Waals surface area contributed by atoms with Gasteiger partial charge in [-0.05, 0) is 25.1 Å². The van der Waals surface area contributed by atoms with Crippen LogP contribution < -0.4 is 5.73 Å². The molecule has 0 saturated carbocycles. The highest BCUT2D eigenvalue weighted by Crippen LogP contribution is 2.31. The van der Waals surface area contributed by atoms with Gasteiger partial charge in [0, 0.05) is 12.6 Å². The van der Waals surface area contributed by atoms with E-state index in [0.717, 1.165) is 24.1 Å². The maximum atomic E-state index is 9.04. The van der Waals surface area contributed by atoms with Gasteiger partial charge in [-0.2, -0.15) is 5.26 Å². The normalized spacial score (nSPS) is 26.5. The molecule has 2 unspecified atom stereocenters. The first kappa shape index (κ1) is 10.2. The van der Waals surface area contributed by atoms with Gasteiger partial charge in [0.05, 0.1) is 17.7 Å². The number of hydrogen-bond donors (Lipinski definition) is 1. The van der Waals surface area contributed by atoms with Crippen molar-refractivity contribution in [2.45, 2.75) is 18.5 Å². The standard InChI is InChI=1S/C12H15N3/c1-15-7-6-11(14)12(15)10-5-3-2-4-9(10)8-13/h2-5,11-12H,6-7,14H2,1H3. The number of nitrogens with two attached hydrogens (primary N) is 1. The molecule has 0 amide bonds. The summed E-state index contributed by atoms with van der Waals surface area (Å²) in [4.78, 5) is 2.22. The van der Waals surface area contributed by atoms with Crippen LogP contribution in [0, 0.1) is 11.3 Å². The average Bonchev–Trinajstić information content (AvgIpc) is 2.59. The molecule has 78 valence electrons. The second kappa shape index (κ2) is 4.01. The first-order valence-electron chi connectivity index (χ1n) is 5.19. The summed E-state index contributed by atoms with van der Waals surface area (Å²) in [6.45, 7) is 1.01. The molecule has 2 N–H and O–H groups in total. The lowest BCUT2D eigenvalue weighted by Crippen LogP contribution is -2.30. The number of rotatable bonds is 1. The summed E-state index contributed by atoms with van der Waals surface area (Å²) in [7, 11) is 2.06. The maximum Gasteiger partial charge on any atom is 0.0995 e. The quantitative estimate of drug-likeness (QED) is 0.744. The fourth-order valence-corrected chi connectivity index (χ4v) is 2.30. The smallest absolute Gasteiger partial charge is 0.0995 e. The topological polar surface area (TPSA) is 53.0 Å². The van der Waals surface area contributed by atoms with Crippen molar-refractivity contribution in [2.75, 3.05) is 13.6 Å². The van der Waals surface area contributed by atoms with Crippen molar-refractivity contribution in [3.05, 3.63) is 35.4 Å². The summed E-state index contributed by atoms with van der Waals surface area (Å²) in [5, 5.41) is 9.04. The number of nitriles is 1. The first-order valence-corrected chi connectivity index (χ1v) is 5.19. The first-order chi connectivity index (χ1) is 7.24. The van der Waals surface area contributed by atoms with Crippen LogP contribution in [0.3, 0.4) is 0 Å². The lowest BCUT2D eigenvalue weighted by Gasteiger charge is -2.23. The Morgan fingerprint density at radius 1 is 1.47 bits per heavy atom. The molecule has 1 fully saturated rings. The lowest BCUT2D eigenvalue weighted by atomic mass is 9.96. The Morgan fingerprint density at radius 2 is 2.20 bits per heavy atom. The minimum absolute atomic E-state index is 0.143. The number of hydrogen-bond acceptors (Lipinski definition) is 3. The van der Waals surface area contributed by atoms with Gasteiger partial charge in [0.25, 0.3) is 0 Å². The molecule has 2 atom stereocenters. The Bertz CT molecular complexity index is 384. The van der Waals surface area contributed by atoms with Crippen LogP contribution in [0.4, 0.5) is 0 Å². The van der Waals surface area contributed by atoms with Crippen molar-refractivity contribution in [3.63, 3.8) is 0 Å². The van der Waals surface area contributed by atoms with Crippen molar-refractivity contribution in [1.82, 2.24) is 4.90 Å². The van der Waals surface area contributed by atoms with Crippen LogP contribution in [0.2, 0.25) is 0 Å². The number of likely N-dealkylation sites (tertiary alicyclic amines) is 1. The number of nitrogens with zero attached hydrogens (tertiary/aromatic N) is 2. The van der Waals surface area contributed by atoms with E-state index in [1.165, 1.54) is 0 Å². The molecule has 0 spiro atoms. The molecule has 0 aromatic heterocycles. The zero-order valence-electron chi connectivity index (χ0n) is 8.85. The van der Waals surface area contributed by atoms with E-state index in [4.69, 9.17) is 11.0 Å². The Morgan fingerprint density at radius 3 is 2.80 bits per heavy atom. The molecular formula is C12H15N3. The number of benzene rings is 1. The summed E-state index contributed by atoms with van der Waals surface area (Å²) in [5.74, 6) is 0. The summed E-state index contributed by atoms with van der Waals surface area (Å²) in [6, 6.07) is 10.3. The van der Waals surface area contributed by atoms with Crippen molar-refractivity contribution < 1.29 is 0 Å². The molecular weight excluding hydrogens is 186 g/mol. The highest BCUT2D eigenvalue weighted by atomic mass is 15.2. The fraction of sp³-hybridized carbons (Fsp3) is 0.417. The van der Waals surface area contributed by atoms with Crippen molar-refractivity contribution in [3.8, 4) is 6.07 Å². The average molecular weight is 201 g/mol. The molecule has 3 heteroatoms. The predicted octanol–water partition coefficient (Wildman–Crippen LogP) is 1.26. The summed E-state index contributed by atoms with van der Waals surface area (Å²) < 4.78 is 0. The van der Waals surface area contributed by atoms with E-state index in [1.54, 1.807) is 0 Å². The number of likely N-dealkylation sites (N-methyl/N-ethyl adjacent to an activating group) is 1. The molecule has 2 rings (SSSR count). The van der Waals surface area contributed by atoms with Crippen LogP contribution in [0.1, 0.15) is 23.6 Å². The molecule has 1 aliphatic heterocycles. The van der Waals surface area contributed by atoms with E-state index in [0.29, 0.717) is 0 Å².